The quantitative estimate of drug-likeness (QED) is 0.113. The molecular weight excluding hydrogens is 998 g/mol. The highest BCUT2D eigenvalue weighted by atomic mass is 16.5. The maximum Gasteiger partial charge on any atom is 0.256 e. The SMILES string of the molecule is CCc1ccccc1N(c1cc2c3c(c1)N(c1ccccc1)c1ccccc1B3c1cc3c(cc1O2)Oc1cc(N(c2ccccc2CC)c2ccccc2CC)cc2c1B3c1ccccc1N2c1ccccc1)c1ccccc1CC. The van der Waals surface area contributed by atoms with E-state index in [2.05, 4.69) is 290 Å². The van der Waals surface area contributed by atoms with Gasteiger partial charge in [0, 0.05) is 75.1 Å². The van der Waals surface area contributed by atoms with Crippen molar-refractivity contribution < 1.29 is 9.47 Å². The van der Waals surface area contributed by atoms with Crippen molar-refractivity contribution in [2.45, 2.75) is 53.4 Å². The third kappa shape index (κ3) is 7.79. The van der Waals surface area contributed by atoms with Crippen LogP contribution in [0.15, 0.2) is 243 Å². The molecule has 6 nitrogen and oxygen atoms in total. The molecule has 0 bridgehead atoms. The van der Waals surface area contributed by atoms with Crippen LogP contribution in [0.2, 0.25) is 0 Å². The minimum Gasteiger partial charge on any atom is -0.458 e. The van der Waals surface area contributed by atoms with Crippen molar-refractivity contribution in [3.63, 3.8) is 0 Å². The average Bonchev–Trinajstić information content (AvgIpc) is 1.16. The van der Waals surface area contributed by atoms with Crippen LogP contribution in [0.1, 0.15) is 49.9 Å². The molecule has 0 unspecified atom stereocenters. The highest BCUT2D eigenvalue weighted by molar-refractivity contribution is 7.02. The van der Waals surface area contributed by atoms with Gasteiger partial charge in [-0.2, -0.15) is 0 Å². The molecule has 11 aromatic rings. The molecule has 0 amide bonds. The normalized spacial score (nSPS) is 12.9. The number of para-hydroxylation sites is 8. The second-order valence-electron chi connectivity index (χ2n) is 21.8. The standard InChI is InChI=1S/C74H60B2N4O2/c1-5-49-27-15-21-37-61(49)79(62-38-22-16-28-50(62)6-2)55-43-67-73-71(45-55)81-69-48-70-60(47-59(69)75(73)57-35-19-25-41-65(57)77(67)53-31-11-9-12-32-53)76-58-36-20-26-42-66(58)78(54-33-13-10-14-34-54)68-44-56(46-72(82-70)74(68)76)80(63-39-23-17-29-51(63)7-3)64-40-24-18-30-52(64)8-4/h9-48H,5-8H2,1-4H3. The molecule has 11 aromatic carbocycles. The van der Waals surface area contributed by atoms with Gasteiger partial charge in [0.2, 0.25) is 0 Å². The third-order valence-corrected chi connectivity index (χ3v) is 17.4. The Hall–Kier alpha value is -9.65. The van der Waals surface area contributed by atoms with Gasteiger partial charge >= 0.3 is 0 Å². The molecule has 0 aromatic heterocycles. The summed E-state index contributed by atoms with van der Waals surface area (Å²) in [5.74, 6) is 3.25. The minimum absolute atomic E-state index is 0.155. The molecule has 4 aliphatic rings. The van der Waals surface area contributed by atoms with Gasteiger partial charge in [0.1, 0.15) is 23.0 Å². The first kappa shape index (κ1) is 49.4. The fourth-order valence-corrected chi connectivity index (χ4v) is 13.8. The zero-order chi connectivity index (χ0) is 55.0. The van der Waals surface area contributed by atoms with Crippen molar-refractivity contribution in [1.29, 1.82) is 0 Å². The molecule has 394 valence electrons. The predicted octanol–water partition coefficient (Wildman–Crippen LogP) is 15.7. The molecule has 4 aliphatic heterocycles. The maximum absolute atomic E-state index is 7.58. The zero-order valence-electron chi connectivity index (χ0n) is 46.7. The number of ether oxygens (including phenoxy) is 2. The Morgan fingerprint density at radius 3 is 1.00 bits per heavy atom. The fourth-order valence-electron chi connectivity index (χ4n) is 13.8. The number of hydrogen-bond acceptors (Lipinski definition) is 6. The number of anilines is 12. The van der Waals surface area contributed by atoms with E-state index in [1.165, 1.54) is 33.2 Å². The number of fused-ring (bicyclic) bond motifs is 8. The van der Waals surface area contributed by atoms with E-state index in [0.717, 1.165) is 139 Å². The van der Waals surface area contributed by atoms with Crippen LogP contribution >= 0.6 is 0 Å². The molecule has 4 heterocycles. The van der Waals surface area contributed by atoms with Crippen molar-refractivity contribution >= 4 is 114 Å². The van der Waals surface area contributed by atoms with Gasteiger partial charge in [0.05, 0.1) is 11.4 Å². The van der Waals surface area contributed by atoms with Crippen molar-refractivity contribution in [1.82, 2.24) is 0 Å². The summed E-state index contributed by atoms with van der Waals surface area (Å²) in [6, 6.07) is 89.1. The second kappa shape index (κ2) is 20.2. The molecule has 0 saturated carbocycles. The number of rotatable bonds is 12. The lowest BCUT2D eigenvalue weighted by molar-refractivity contribution is 0.466. The van der Waals surface area contributed by atoms with Gasteiger partial charge in [-0.05, 0) is 154 Å². The van der Waals surface area contributed by atoms with E-state index in [9.17, 15) is 0 Å². The molecule has 8 heteroatoms. The van der Waals surface area contributed by atoms with Gasteiger partial charge in [0.25, 0.3) is 13.4 Å². The zero-order valence-corrected chi connectivity index (χ0v) is 46.7. The Morgan fingerprint density at radius 1 is 0.305 bits per heavy atom. The lowest BCUT2D eigenvalue weighted by Crippen LogP contribution is -2.63. The summed E-state index contributed by atoms with van der Waals surface area (Å²) in [7, 11) is 0. The van der Waals surface area contributed by atoms with E-state index in [4.69, 9.17) is 9.47 Å². The van der Waals surface area contributed by atoms with Gasteiger partial charge in [-0.25, -0.2) is 0 Å². The molecule has 0 saturated heterocycles. The van der Waals surface area contributed by atoms with E-state index >= 15 is 0 Å². The number of hydrogen-bond donors (Lipinski definition) is 0. The highest BCUT2D eigenvalue weighted by Crippen LogP contribution is 2.50. The van der Waals surface area contributed by atoms with Gasteiger partial charge in [-0.1, -0.05) is 179 Å². The minimum atomic E-state index is -0.155. The van der Waals surface area contributed by atoms with Gasteiger partial charge in [-0.15, -0.1) is 0 Å². The van der Waals surface area contributed by atoms with Crippen LogP contribution in [-0.4, -0.2) is 13.4 Å². The summed E-state index contributed by atoms with van der Waals surface area (Å²) in [5, 5.41) is 0. The van der Waals surface area contributed by atoms with Crippen LogP contribution in [0.25, 0.3) is 0 Å². The van der Waals surface area contributed by atoms with E-state index in [0.29, 0.717) is 0 Å². The van der Waals surface area contributed by atoms with E-state index < -0.39 is 0 Å². The molecular formula is C74H60B2N4O2. The third-order valence-electron chi connectivity index (χ3n) is 17.4. The van der Waals surface area contributed by atoms with Crippen molar-refractivity contribution in [2.24, 2.45) is 0 Å². The molecule has 0 fully saturated rings. The summed E-state index contributed by atoms with van der Waals surface area (Å²) in [5.41, 5.74) is 25.4. The summed E-state index contributed by atoms with van der Waals surface area (Å²) in [4.78, 5) is 9.84. The number of aryl methyl sites for hydroxylation is 4. The fraction of sp³-hybridized carbons (Fsp3) is 0.108. The first-order chi connectivity index (χ1) is 40.5. The predicted molar refractivity (Wildman–Crippen MR) is 345 cm³/mol. The summed E-state index contributed by atoms with van der Waals surface area (Å²) < 4.78 is 15.2. The highest BCUT2D eigenvalue weighted by Gasteiger charge is 2.47. The van der Waals surface area contributed by atoms with Gasteiger partial charge < -0.3 is 29.1 Å². The largest absolute Gasteiger partial charge is 0.458 e. The molecule has 0 atom stereocenters. The van der Waals surface area contributed by atoms with E-state index in [1.807, 2.05) is 0 Å². The number of nitrogens with zero attached hydrogens (tertiary/aromatic N) is 4. The lowest BCUT2D eigenvalue weighted by Gasteiger charge is -2.43. The monoisotopic (exact) mass is 1060 g/mol. The topological polar surface area (TPSA) is 31.4 Å². The first-order valence-electron chi connectivity index (χ1n) is 29.2. The summed E-state index contributed by atoms with van der Waals surface area (Å²) in [6.07, 6.45) is 3.54. The summed E-state index contributed by atoms with van der Waals surface area (Å²) in [6.45, 7) is 8.69. The van der Waals surface area contributed by atoms with Crippen LogP contribution in [-0.2, 0) is 25.7 Å². The van der Waals surface area contributed by atoms with Crippen LogP contribution in [0.4, 0.5) is 68.2 Å². The van der Waals surface area contributed by atoms with Crippen LogP contribution in [0.5, 0.6) is 23.0 Å². The Balaban J connectivity index is 0.978. The van der Waals surface area contributed by atoms with Crippen molar-refractivity contribution in [3.8, 4) is 23.0 Å². The van der Waals surface area contributed by atoms with Crippen molar-refractivity contribution in [3.05, 3.63) is 265 Å². The molecule has 0 N–H and O–H groups in total. The molecule has 0 spiro atoms. The van der Waals surface area contributed by atoms with Crippen LogP contribution < -0.4 is 61.9 Å². The summed E-state index contributed by atoms with van der Waals surface area (Å²) >= 11 is 0. The van der Waals surface area contributed by atoms with Crippen molar-refractivity contribution in [2.75, 3.05) is 19.6 Å². The lowest BCUT2D eigenvalue weighted by atomic mass is 9.31. The van der Waals surface area contributed by atoms with Crippen LogP contribution in [0, 0.1) is 0 Å². The Labute approximate surface area is 482 Å². The Bertz CT molecular complexity index is 3930. The Morgan fingerprint density at radius 2 is 0.634 bits per heavy atom. The molecule has 15 rings (SSSR count). The smallest absolute Gasteiger partial charge is 0.256 e. The van der Waals surface area contributed by atoms with E-state index in [1.54, 1.807) is 0 Å². The average molecular weight is 1060 g/mol. The maximum atomic E-state index is 7.58. The van der Waals surface area contributed by atoms with Gasteiger partial charge in [0.15, 0.2) is 0 Å². The van der Waals surface area contributed by atoms with E-state index in [-0.39, 0.29) is 13.4 Å². The molecule has 0 radical (unpaired) electrons. The molecule has 82 heavy (non-hydrogen) atoms. The van der Waals surface area contributed by atoms with Crippen LogP contribution in [0.3, 0.4) is 0 Å². The second-order valence-corrected chi connectivity index (χ2v) is 21.8. The first-order valence-corrected chi connectivity index (χ1v) is 29.2. The number of benzene rings is 11. The molecule has 0 aliphatic carbocycles. The Kier molecular flexibility index (Phi) is 12.1. The van der Waals surface area contributed by atoms with Gasteiger partial charge in [-0.3, -0.25) is 0 Å².